The van der Waals surface area contributed by atoms with E-state index in [0.29, 0.717) is 5.92 Å². The van der Waals surface area contributed by atoms with Gasteiger partial charge < -0.3 is 15.5 Å². The van der Waals surface area contributed by atoms with Crippen LogP contribution in [0.1, 0.15) is 38.8 Å². The average Bonchev–Trinajstić information content (AvgIpc) is 2.35. The van der Waals surface area contributed by atoms with E-state index in [-0.39, 0.29) is 29.5 Å². The number of hydrogen-bond acceptors (Lipinski definition) is 4. The summed E-state index contributed by atoms with van der Waals surface area (Å²) in [5.41, 5.74) is 0.736. The van der Waals surface area contributed by atoms with Crippen LogP contribution >= 0.6 is 0 Å². The molecular formula is C15H24N2O3. The molecule has 4 N–H and O–H groups in total. The Morgan fingerprint density at radius 1 is 1.15 bits per heavy atom. The van der Waals surface area contributed by atoms with Crippen LogP contribution in [0.4, 0.5) is 0 Å². The van der Waals surface area contributed by atoms with Crippen molar-refractivity contribution in [2.24, 2.45) is 5.92 Å². The maximum Gasteiger partial charge on any atom is 0.236 e. The smallest absolute Gasteiger partial charge is 0.236 e. The highest BCUT2D eigenvalue weighted by Gasteiger charge is 2.21. The predicted molar refractivity (Wildman–Crippen MR) is 78.6 cm³/mol. The van der Waals surface area contributed by atoms with Crippen LogP contribution in [0.5, 0.6) is 11.5 Å². The molecule has 5 nitrogen and oxygen atoms in total. The first kappa shape index (κ1) is 16.3. The van der Waals surface area contributed by atoms with Gasteiger partial charge in [-0.2, -0.15) is 0 Å². The molecule has 0 aromatic heterocycles. The number of rotatable bonds is 6. The lowest BCUT2D eigenvalue weighted by Gasteiger charge is -2.24. The summed E-state index contributed by atoms with van der Waals surface area (Å²) < 4.78 is 0. The summed E-state index contributed by atoms with van der Waals surface area (Å²) in [7, 11) is 1.61. The fourth-order valence-electron chi connectivity index (χ4n) is 2.16. The zero-order valence-electron chi connectivity index (χ0n) is 12.5. The topological polar surface area (TPSA) is 81.6 Å². The average molecular weight is 280 g/mol. The maximum absolute atomic E-state index is 11.9. The monoisotopic (exact) mass is 280 g/mol. The van der Waals surface area contributed by atoms with Crippen molar-refractivity contribution in [1.82, 2.24) is 10.6 Å². The van der Waals surface area contributed by atoms with Gasteiger partial charge in [0, 0.05) is 19.2 Å². The summed E-state index contributed by atoms with van der Waals surface area (Å²) in [5.74, 6) is 0.340. The zero-order chi connectivity index (χ0) is 15.3. The quantitative estimate of drug-likeness (QED) is 0.641. The van der Waals surface area contributed by atoms with E-state index in [1.54, 1.807) is 19.2 Å². The third-order valence-electron chi connectivity index (χ3n) is 3.15. The lowest BCUT2D eigenvalue weighted by molar-refractivity contribution is -0.123. The summed E-state index contributed by atoms with van der Waals surface area (Å²) in [6.45, 7) is 6.01. The van der Waals surface area contributed by atoms with Gasteiger partial charge in [-0.15, -0.1) is 0 Å². The summed E-state index contributed by atoms with van der Waals surface area (Å²) in [6, 6.07) is 3.97. The molecule has 20 heavy (non-hydrogen) atoms. The molecule has 1 aromatic carbocycles. The highest BCUT2D eigenvalue weighted by Crippen LogP contribution is 2.25. The number of carbonyl (C=O) groups excluding carboxylic acids is 1. The number of aromatic hydroxyl groups is 2. The van der Waals surface area contributed by atoms with Gasteiger partial charge in [0.15, 0.2) is 0 Å². The van der Waals surface area contributed by atoms with Crippen LogP contribution in [0.25, 0.3) is 0 Å². The third-order valence-corrected chi connectivity index (χ3v) is 3.15. The van der Waals surface area contributed by atoms with Gasteiger partial charge >= 0.3 is 0 Å². The van der Waals surface area contributed by atoms with Crippen molar-refractivity contribution < 1.29 is 15.0 Å². The molecule has 0 aliphatic heterocycles. The number of amides is 1. The van der Waals surface area contributed by atoms with Gasteiger partial charge in [-0.25, -0.2) is 0 Å². The number of carbonyl (C=O) groups is 1. The molecule has 2 unspecified atom stereocenters. The molecule has 2 atom stereocenters. The number of phenols is 2. The number of nitrogens with one attached hydrogen (secondary N) is 2. The SMILES string of the molecule is CNC(=O)C(CC(C)C)NC(C)c1cc(O)cc(O)c1. The Morgan fingerprint density at radius 2 is 1.70 bits per heavy atom. The third kappa shape index (κ3) is 4.74. The summed E-state index contributed by atoms with van der Waals surface area (Å²) in [6.07, 6.45) is 0.717. The maximum atomic E-state index is 11.9. The van der Waals surface area contributed by atoms with Crippen LogP contribution in [0.3, 0.4) is 0 Å². The Morgan fingerprint density at radius 3 is 2.15 bits per heavy atom. The Balaban J connectivity index is 2.83. The van der Waals surface area contributed by atoms with E-state index < -0.39 is 0 Å². The van der Waals surface area contributed by atoms with Crippen LogP contribution in [0, 0.1) is 5.92 Å². The van der Waals surface area contributed by atoms with Gasteiger partial charge in [0.1, 0.15) is 11.5 Å². The Labute approximate surface area is 120 Å². The molecule has 0 spiro atoms. The van der Waals surface area contributed by atoms with Crippen LogP contribution in [0.15, 0.2) is 18.2 Å². The lowest BCUT2D eigenvalue weighted by Crippen LogP contribution is -2.44. The first-order chi connectivity index (χ1) is 9.33. The molecule has 1 rings (SSSR count). The van der Waals surface area contributed by atoms with Crippen LogP contribution in [-0.4, -0.2) is 29.2 Å². The van der Waals surface area contributed by atoms with Crippen molar-refractivity contribution in [3.8, 4) is 11.5 Å². The Kier molecular flexibility index (Phi) is 5.82. The van der Waals surface area contributed by atoms with Gasteiger partial charge in [0.2, 0.25) is 5.91 Å². The lowest BCUT2D eigenvalue weighted by atomic mass is 10.0. The molecule has 0 fully saturated rings. The molecule has 0 aliphatic rings. The molecule has 1 aromatic rings. The van der Waals surface area contributed by atoms with Crippen molar-refractivity contribution in [1.29, 1.82) is 0 Å². The standard InChI is InChI=1S/C15H24N2O3/c1-9(2)5-14(15(20)16-4)17-10(3)11-6-12(18)8-13(19)7-11/h6-10,14,17-19H,5H2,1-4H3,(H,16,20). The van der Waals surface area contributed by atoms with E-state index in [1.165, 1.54) is 6.07 Å². The van der Waals surface area contributed by atoms with E-state index in [9.17, 15) is 15.0 Å². The van der Waals surface area contributed by atoms with E-state index in [1.807, 2.05) is 6.92 Å². The fourth-order valence-corrected chi connectivity index (χ4v) is 2.16. The van der Waals surface area contributed by atoms with Crippen LogP contribution in [-0.2, 0) is 4.79 Å². The minimum absolute atomic E-state index is 0.00834. The first-order valence-corrected chi connectivity index (χ1v) is 6.84. The van der Waals surface area contributed by atoms with Crippen molar-refractivity contribution in [2.45, 2.75) is 39.3 Å². The molecule has 0 bridgehead atoms. The van der Waals surface area contributed by atoms with Crippen LogP contribution < -0.4 is 10.6 Å². The first-order valence-electron chi connectivity index (χ1n) is 6.84. The van der Waals surface area contributed by atoms with Crippen molar-refractivity contribution >= 4 is 5.91 Å². The van der Waals surface area contributed by atoms with Crippen LogP contribution in [0.2, 0.25) is 0 Å². The molecule has 1 amide bonds. The molecule has 0 saturated carbocycles. The molecule has 0 saturated heterocycles. The summed E-state index contributed by atoms with van der Waals surface area (Å²) in [5, 5.41) is 24.9. The fraction of sp³-hybridized carbons (Fsp3) is 0.533. The van der Waals surface area contributed by atoms with Crippen molar-refractivity contribution in [3.05, 3.63) is 23.8 Å². The highest BCUT2D eigenvalue weighted by atomic mass is 16.3. The molecule has 0 heterocycles. The van der Waals surface area contributed by atoms with E-state index >= 15 is 0 Å². The molecule has 5 heteroatoms. The summed E-state index contributed by atoms with van der Waals surface area (Å²) in [4.78, 5) is 11.9. The van der Waals surface area contributed by atoms with Gasteiger partial charge in [0.25, 0.3) is 0 Å². The number of phenolic OH excluding ortho intramolecular Hbond substituents is 2. The van der Waals surface area contributed by atoms with Crippen molar-refractivity contribution in [3.63, 3.8) is 0 Å². The van der Waals surface area contributed by atoms with E-state index in [4.69, 9.17) is 0 Å². The number of benzene rings is 1. The summed E-state index contributed by atoms with van der Waals surface area (Å²) >= 11 is 0. The second kappa shape index (κ2) is 7.14. The van der Waals surface area contributed by atoms with Gasteiger partial charge in [-0.1, -0.05) is 13.8 Å². The minimum atomic E-state index is -0.306. The minimum Gasteiger partial charge on any atom is -0.508 e. The van der Waals surface area contributed by atoms with Crippen molar-refractivity contribution in [2.75, 3.05) is 7.05 Å². The normalized spacial score (nSPS) is 14.1. The Bertz CT molecular complexity index is 440. The second-order valence-electron chi connectivity index (χ2n) is 5.47. The largest absolute Gasteiger partial charge is 0.508 e. The second-order valence-corrected chi connectivity index (χ2v) is 5.47. The number of hydrogen-bond donors (Lipinski definition) is 4. The molecular weight excluding hydrogens is 256 g/mol. The van der Waals surface area contributed by atoms with E-state index in [0.717, 1.165) is 12.0 Å². The molecule has 0 aliphatic carbocycles. The van der Waals surface area contributed by atoms with Gasteiger partial charge in [-0.3, -0.25) is 10.1 Å². The van der Waals surface area contributed by atoms with E-state index in [2.05, 4.69) is 24.5 Å². The molecule has 0 radical (unpaired) electrons. The highest BCUT2D eigenvalue weighted by molar-refractivity contribution is 5.81. The Hall–Kier alpha value is -1.75. The molecule has 112 valence electrons. The number of likely N-dealkylation sites (N-methyl/N-ethyl adjacent to an activating group) is 1. The van der Waals surface area contributed by atoms with Gasteiger partial charge in [-0.05, 0) is 37.0 Å². The zero-order valence-corrected chi connectivity index (χ0v) is 12.5. The van der Waals surface area contributed by atoms with Gasteiger partial charge in [0.05, 0.1) is 6.04 Å². The predicted octanol–water partition coefficient (Wildman–Crippen LogP) is 1.91.